The van der Waals surface area contributed by atoms with Crippen LogP contribution >= 0.6 is 0 Å². The standard InChI is InChI=1S/C41H71N3O6S/c1-7-8-9-10-11-12-13-14-15-16-17-18-19-20-21-22-23-24-25-26-37(45)42-31-40(2,3)32-48-33-41(4,5)34-49-36-29-27-35(28-30-36)38-43-44-39(50-38)51(6,46)47/h27-30H,7-26,31-34H2,1-6H3,(H,42,45). The number of nitrogens with zero attached hydrogens (tertiary/aromatic N) is 2. The number of rotatable bonds is 31. The van der Waals surface area contributed by atoms with Crippen molar-refractivity contribution < 1.29 is 27.1 Å². The first-order chi connectivity index (χ1) is 24.3. The van der Waals surface area contributed by atoms with Crippen LogP contribution in [0.4, 0.5) is 0 Å². The van der Waals surface area contributed by atoms with Gasteiger partial charge in [-0.25, -0.2) is 8.42 Å². The zero-order valence-electron chi connectivity index (χ0n) is 33.0. The third-order valence-electron chi connectivity index (χ3n) is 9.21. The lowest BCUT2D eigenvalue weighted by molar-refractivity contribution is -0.121. The molecule has 1 aromatic heterocycles. The van der Waals surface area contributed by atoms with Crippen LogP contribution in [0.2, 0.25) is 0 Å². The average Bonchev–Trinajstić information content (AvgIpc) is 3.59. The van der Waals surface area contributed by atoms with Crippen LogP contribution in [-0.4, -0.2) is 57.1 Å². The molecule has 0 aliphatic heterocycles. The van der Waals surface area contributed by atoms with Crippen LogP contribution in [0.25, 0.3) is 11.5 Å². The zero-order valence-corrected chi connectivity index (χ0v) is 33.8. The van der Waals surface area contributed by atoms with E-state index in [1.165, 1.54) is 109 Å². The number of hydrogen-bond acceptors (Lipinski definition) is 8. The van der Waals surface area contributed by atoms with Gasteiger partial charge in [0.2, 0.25) is 21.6 Å². The summed E-state index contributed by atoms with van der Waals surface area (Å²) in [5.74, 6) is 0.933. The maximum absolute atomic E-state index is 12.5. The summed E-state index contributed by atoms with van der Waals surface area (Å²) in [7, 11) is -3.56. The van der Waals surface area contributed by atoms with Gasteiger partial charge in [0.15, 0.2) is 0 Å². The molecule has 1 amide bonds. The molecule has 0 saturated heterocycles. The molecule has 0 radical (unpaired) electrons. The van der Waals surface area contributed by atoms with Gasteiger partial charge < -0.3 is 19.2 Å². The van der Waals surface area contributed by atoms with Crippen LogP contribution in [0, 0.1) is 10.8 Å². The molecule has 0 unspecified atom stereocenters. The first-order valence-electron chi connectivity index (χ1n) is 19.9. The lowest BCUT2D eigenvalue weighted by atomic mass is 9.93. The van der Waals surface area contributed by atoms with Crippen LogP contribution in [-0.2, 0) is 19.4 Å². The van der Waals surface area contributed by atoms with Crippen LogP contribution in [0.5, 0.6) is 5.75 Å². The summed E-state index contributed by atoms with van der Waals surface area (Å²) in [6.45, 7) is 12.7. The fraction of sp³-hybridized carbons (Fsp3) is 0.780. The topological polar surface area (TPSA) is 121 Å². The number of sulfone groups is 1. The first-order valence-corrected chi connectivity index (χ1v) is 21.8. The van der Waals surface area contributed by atoms with Gasteiger partial charge in [-0.2, -0.15) is 0 Å². The minimum Gasteiger partial charge on any atom is -0.493 e. The maximum atomic E-state index is 12.5. The monoisotopic (exact) mass is 734 g/mol. The minimum absolute atomic E-state index is 0.129. The lowest BCUT2D eigenvalue weighted by Gasteiger charge is -2.29. The average molecular weight is 734 g/mol. The van der Waals surface area contributed by atoms with Gasteiger partial charge in [-0.05, 0) is 30.7 Å². The summed E-state index contributed by atoms with van der Waals surface area (Å²) in [5.41, 5.74) is 0.190. The fourth-order valence-electron chi connectivity index (χ4n) is 5.94. The number of amides is 1. The predicted molar refractivity (Wildman–Crippen MR) is 208 cm³/mol. The van der Waals surface area contributed by atoms with Gasteiger partial charge in [-0.1, -0.05) is 155 Å². The van der Waals surface area contributed by atoms with E-state index >= 15 is 0 Å². The van der Waals surface area contributed by atoms with Crippen molar-refractivity contribution in [2.75, 3.05) is 32.6 Å². The number of unbranched alkanes of at least 4 members (excludes halogenated alkanes) is 18. The number of aromatic nitrogens is 2. The number of ether oxygens (including phenoxy) is 2. The van der Waals surface area contributed by atoms with Gasteiger partial charge in [-0.3, -0.25) is 4.79 Å². The number of nitrogens with one attached hydrogen (secondary N) is 1. The van der Waals surface area contributed by atoms with Crippen molar-refractivity contribution in [1.29, 1.82) is 0 Å². The molecule has 1 N–H and O–H groups in total. The van der Waals surface area contributed by atoms with Gasteiger partial charge in [0.25, 0.3) is 0 Å². The second kappa shape index (κ2) is 24.7. The number of benzene rings is 1. The van der Waals surface area contributed by atoms with E-state index in [1.807, 2.05) is 0 Å². The molecule has 0 saturated carbocycles. The summed E-state index contributed by atoms with van der Waals surface area (Å²) in [5, 5.41) is 10.1. The predicted octanol–water partition coefficient (Wildman–Crippen LogP) is 10.5. The van der Waals surface area contributed by atoms with Gasteiger partial charge in [0, 0.05) is 35.6 Å². The Morgan fingerprint density at radius 1 is 0.686 bits per heavy atom. The Hall–Kier alpha value is -2.46. The highest BCUT2D eigenvalue weighted by Gasteiger charge is 2.24. The zero-order chi connectivity index (χ0) is 37.4. The fourth-order valence-corrected chi connectivity index (χ4v) is 6.35. The smallest absolute Gasteiger partial charge is 0.335 e. The SMILES string of the molecule is CCCCCCCCCCCCCCCCCCCCCC(=O)NCC(C)(C)COCC(C)(C)COc1ccc(-c2nnc(S(C)(=O)=O)o2)cc1. The van der Waals surface area contributed by atoms with Crippen LogP contribution in [0.1, 0.15) is 163 Å². The normalized spacial score (nSPS) is 12.4. The highest BCUT2D eigenvalue weighted by molar-refractivity contribution is 7.90. The van der Waals surface area contributed by atoms with Gasteiger partial charge in [0.1, 0.15) is 5.75 Å². The molecule has 9 nitrogen and oxygen atoms in total. The van der Waals surface area contributed by atoms with Crippen LogP contribution in [0.3, 0.4) is 0 Å². The Morgan fingerprint density at radius 2 is 1.16 bits per heavy atom. The molecule has 0 bridgehead atoms. The Labute approximate surface area is 310 Å². The number of carbonyl (C=O) groups excluding carboxylic acids is 1. The molecular weight excluding hydrogens is 663 g/mol. The largest absolute Gasteiger partial charge is 0.493 e. The molecule has 10 heteroatoms. The molecular formula is C41H71N3O6S. The van der Waals surface area contributed by atoms with E-state index in [0.717, 1.165) is 19.1 Å². The van der Waals surface area contributed by atoms with E-state index < -0.39 is 15.1 Å². The Bertz CT molecular complexity index is 1310. The minimum atomic E-state index is -3.56. The van der Waals surface area contributed by atoms with E-state index in [4.69, 9.17) is 13.9 Å². The molecule has 0 atom stereocenters. The number of carbonyl (C=O) groups is 1. The van der Waals surface area contributed by atoms with Gasteiger partial charge >= 0.3 is 5.22 Å². The summed E-state index contributed by atoms with van der Waals surface area (Å²) in [6.07, 6.45) is 27.3. The van der Waals surface area contributed by atoms with Crippen LogP contribution in [0.15, 0.2) is 33.9 Å². The van der Waals surface area contributed by atoms with Crippen molar-refractivity contribution in [2.24, 2.45) is 10.8 Å². The summed E-state index contributed by atoms with van der Waals surface area (Å²) < 4.78 is 40.5. The molecule has 0 fully saturated rings. The summed E-state index contributed by atoms with van der Waals surface area (Å²) in [4.78, 5) is 12.5. The highest BCUT2D eigenvalue weighted by atomic mass is 32.2. The van der Waals surface area contributed by atoms with E-state index in [0.29, 0.717) is 44.1 Å². The van der Waals surface area contributed by atoms with Crippen molar-refractivity contribution in [2.45, 2.75) is 168 Å². The van der Waals surface area contributed by atoms with E-state index in [-0.39, 0.29) is 22.6 Å². The quantitative estimate of drug-likeness (QED) is 0.0760. The third kappa shape index (κ3) is 21.6. The van der Waals surface area contributed by atoms with Gasteiger partial charge in [0.05, 0.1) is 19.8 Å². The van der Waals surface area contributed by atoms with Gasteiger partial charge in [-0.15, -0.1) is 5.10 Å². The molecule has 292 valence electrons. The van der Waals surface area contributed by atoms with Crippen molar-refractivity contribution >= 4 is 15.7 Å². The van der Waals surface area contributed by atoms with Crippen molar-refractivity contribution in [3.8, 4) is 17.2 Å². The second-order valence-electron chi connectivity index (χ2n) is 16.2. The molecule has 2 aromatic rings. The van der Waals surface area contributed by atoms with E-state index in [9.17, 15) is 13.2 Å². The Balaban J connectivity index is 1.44. The molecule has 0 aliphatic rings. The van der Waals surface area contributed by atoms with E-state index in [2.05, 4.69) is 50.1 Å². The molecule has 2 rings (SSSR count). The molecule has 51 heavy (non-hydrogen) atoms. The Kier molecular flexibility index (Phi) is 21.7. The van der Waals surface area contributed by atoms with Crippen molar-refractivity contribution in [3.63, 3.8) is 0 Å². The Morgan fingerprint density at radius 3 is 1.63 bits per heavy atom. The summed E-state index contributed by atoms with van der Waals surface area (Å²) in [6, 6.07) is 7.06. The summed E-state index contributed by atoms with van der Waals surface area (Å²) >= 11 is 0. The van der Waals surface area contributed by atoms with Crippen molar-refractivity contribution in [1.82, 2.24) is 15.5 Å². The molecule has 1 aromatic carbocycles. The molecule has 1 heterocycles. The maximum Gasteiger partial charge on any atom is 0.335 e. The molecule has 0 spiro atoms. The first kappa shape index (κ1) is 44.7. The molecule has 0 aliphatic carbocycles. The highest BCUT2D eigenvalue weighted by Crippen LogP contribution is 2.25. The number of hydrogen-bond donors (Lipinski definition) is 1. The second-order valence-corrected chi connectivity index (χ2v) is 18.1. The van der Waals surface area contributed by atoms with E-state index in [1.54, 1.807) is 24.3 Å². The third-order valence-corrected chi connectivity index (χ3v) is 10.0. The van der Waals surface area contributed by atoms with Crippen LogP contribution < -0.4 is 10.1 Å². The lowest BCUT2D eigenvalue weighted by Crippen LogP contribution is -2.38. The van der Waals surface area contributed by atoms with Crippen molar-refractivity contribution in [3.05, 3.63) is 24.3 Å².